The molecule has 0 unspecified atom stereocenters. The minimum atomic E-state index is -0.677. The standard InChI is InChI=1S/C18H19ClFN3O2.ClH/c1-23-10-8-12(9-11-23)25-16-7-3-6-15(21-16)22-18(24)17-13(19)4-2-5-14(17)20;/h2-7,12H,8-11H2,1H3,(H,21,22,24);1H. The summed E-state index contributed by atoms with van der Waals surface area (Å²) in [6, 6.07) is 9.19. The van der Waals surface area contributed by atoms with E-state index in [1.807, 2.05) is 0 Å². The van der Waals surface area contributed by atoms with Crippen LogP contribution in [0.3, 0.4) is 0 Å². The lowest BCUT2D eigenvalue weighted by atomic mass is 10.1. The largest absolute Gasteiger partial charge is 1.00 e. The zero-order valence-corrected chi connectivity index (χ0v) is 15.7. The van der Waals surface area contributed by atoms with Gasteiger partial charge in [0.2, 0.25) is 5.88 Å². The number of carbonyl (C=O) groups excluding carboxylic acids is 1. The number of halogens is 3. The van der Waals surface area contributed by atoms with Gasteiger partial charge in [0.1, 0.15) is 17.7 Å². The van der Waals surface area contributed by atoms with E-state index in [0.717, 1.165) is 25.9 Å². The lowest BCUT2D eigenvalue weighted by Crippen LogP contribution is -3.00. The van der Waals surface area contributed by atoms with Crippen molar-refractivity contribution < 1.29 is 27.8 Å². The summed E-state index contributed by atoms with van der Waals surface area (Å²) in [4.78, 5) is 18.8. The number of carbonyl (C=O) groups is 1. The second kappa shape index (κ2) is 9.16. The third kappa shape index (κ3) is 5.06. The molecular weight excluding hydrogens is 380 g/mol. The topological polar surface area (TPSA) is 54.5 Å². The van der Waals surface area contributed by atoms with Crippen molar-refractivity contribution in [3.05, 3.63) is 52.8 Å². The van der Waals surface area contributed by atoms with Crippen molar-refractivity contribution in [3.8, 4) is 5.88 Å². The smallest absolute Gasteiger partial charge is 1.00 e. The van der Waals surface area contributed by atoms with E-state index in [9.17, 15) is 9.18 Å². The number of hydrogen-bond acceptors (Lipinski definition) is 4. The fraction of sp³-hybridized carbons (Fsp3) is 0.333. The van der Waals surface area contributed by atoms with E-state index in [0.29, 0.717) is 5.88 Å². The molecular formula is C18H20Cl2FN3O2. The number of piperidine rings is 1. The third-order valence-corrected chi connectivity index (χ3v) is 4.42. The van der Waals surface area contributed by atoms with Crippen LogP contribution in [0.2, 0.25) is 5.02 Å². The van der Waals surface area contributed by atoms with Crippen LogP contribution in [0.5, 0.6) is 5.88 Å². The summed E-state index contributed by atoms with van der Waals surface area (Å²) in [6.45, 7) is 1.96. The molecule has 5 nitrogen and oxygen atoms in total. The number of nitrogens with zero attached hydrogens (tertiary/aromatic N) is 2. The van der Waals surface area contributed by atoms with Crippen LogP contribution in [0.1, 0.15) is 24.6 Å². The van der Waals surface area contributed by atoms with Crippen molar-refractivity contribution in [2.45, 2.75) is 18.9 Å². The SMILES string of the molecule is CN1CCC(Oc2cccc(NC(=O)c3c(F)cccc3Cl)n2)CC1.[Cl-].[H+]. The number of anilines is 1. The van der Waals surface area contributed by atoms with Gasteiger partial charge in [-0.15, -0.1) is 0 Å². The van der Waals surface area contributed by atoms with Crippen LogP contribution >= 0.6 is 11.6 Å². The first kappa shape index (κ1) is 20.4. The van der Waals surface area contributed by atoms with Crippen LogP contribution in [-0.2, 0) is 0 Å². The van der Waals surface area contributed by atoms with Gasteiger partial charge >= 0.3 is 1.43 Å². The predicted molar refractivity (Wildman–Crippen MR) is 95.9 cm³/mol. The normalized spacial score (nSPS) is 15.2. The van der Waals surface area contributed by atoms with Crippen molar-refractivity contribution in [2.24, 2.45) is 0 Å². The van der Waals surface area contributed by atoms with Gasteiger partial charge < -0.3 is 27.4 Å². The number of amides is 1. The molecule has 1 aliphatic heterocycles. The zero-order valence-electron chi connectivity index (χ0n) is 15.2. The molecule has 0 saturated carbocycles. The van der Waals surface area contributed by atoms with Crippen molar-refractivity contribution in [1.29, 1.82) is 0 Å². The first-order valence-corrected chi connectivity index (χ1v) is 8.48. The van der Waals surface area contributed by atoms with Gasteiger partial charge in [0.15, 0.2) is 0 Å². The van der Waals surface area contributed by atoms with Crippen LogP contribution in [0.4, 0.5) is 10.2 Å². The molecule has 2 aromatic rings. The Kier molecular flexibility index (Phi) is 7.20. The number of hydrogen-bond donors (Lipinski definition) is 1. The molecule has 0 bridgehead atoms. The van der Waals surface area contributed by atoms with Gasteiger partial charge in [-0.1, -0.05) is 23.7 Å². The molecule has 8 heteroatoms. The monoisotopic (exact) mass is 399 g/mol. The van der Waals surface area contributed by atoms with Gasteiger partial charge in [-0.25, -0.2) is 4.39 Å². The Bertz CT molecular complexity index is 754. The summed E-state index contributed by atoms with van der Waals surface area (Å²) in [7, 11) is 2.08. The molecule has 0 radical (unpaired) electrons. The molecule has 0 spiro atoms. The second-order valence-electron chi connectivity index (χ2n) is 6.03. The van der Waals surface area contributed by atoms with Gasteiger partial charge in [0, 0.05) is 19.2 Å². The van der Waals surface area contributed by atoms with Crippen molar-refractivity contribution in [3.63, 3.8) is 0 Å². The molecule has 3 rings (SSSR count). The molecule has 1 amide bonds. The van der Waals surface area contributed by atoms with E-state index in [4.69, 9.17) is 16.3 Å². The summed E-state index contributed by atoms with van der Waals surface area (Å²) in [5.41, 5.74) is -0.201. The van der Waals surface area contributed by atoms with Crippen LogP contribution < -0.4 is 22.5 Å². The van der Waals surface area contributed by atoms with Crippen molar-refractivity contribution in [2.75, 3.05) is 25.5 Å². The highest BCUT2D eigenvalue weighted by Gasteiger charge is 2.19. The molecule has 1 saturated heterocycles. The molecule has 1 aliphatic rings. The van der Waals surface area contributed by atoms with Gasteiger partial charge in [0.25, 0.3) is 5.91 Å². The summed E-state index contributed by atoms with van der Waals surface area (Å²) in [5.74, 6) is -0.600. The van der Waals surface area contributed by atoms with Crippen molar-refractivity contribution >= 4 is 23.3 Å². The lowest BCUT2D eigenvalue weighted by molar-refractivity contribution is -0.0000152. The maximum absolute atomic E-state index is 13.8. The average Bonchev–Trinajstić information content (AvgIpc) is 2.57. The van der Waals surface area contributed by atoms with E-state index in [2.05, 4.69) is 22.2 Å². The average molecular weight is 400 g/mol. The van der Waals surface area contributed by atoms with E-state index in [1.54, 1.807) is 18.2 Å². The van der Waals surface area contributed by atoms with E-state index < -0.39 is 11.7 Å². The highest BCUT2D eigenvalue weighted by atomic mass is 35.5. The Morgan fingerprint density at radius 3 is 2.69 bits per heavy atom. The predicted octanol–water partition coefficient (Wildman–Crippen LogP) is 0.716. The molecule has 1 aromatic carbocycles. The molecule has 26 heavy (non-hydrogen) atoms. The molecule has 0 aliphatic carbocycles. The van der Waals surface area contributed by atoms with Crippen LogP contribution in [0.25, 0.3) is 0 Å². The van der Waals surface area contributed by atoms with Crippen molar-refractivity contribution in [1.82, 2.24) is 9.88 Å². The lowest BCUT2D eigenvalue weighted by Gasteiger charge is -2.28. The fourth-order valence-corrected chi connectivity index (χ4v) is 2.97. The Balaban J connectivity index is 0.00000182. The number of likely N-dealkylation sites (tertiary alicyclic amines) is 1. The Morgan fingerprint density at radius 2 is 2.00 bits per heavy atom. The Labute approximate surface area is 164 Å². The fourth-order valence-electron chi connectivity index (χ4n) is 2.72. The quantitative estimate of drug-likeness (QED) is 0.822. The second-order valence-corrected chi connectivity index (χ2v) is 6.44. The van der Waals surface area contributed by atoms with Gasteiger partial charge in [-0.05, 0) is 38.1 Å². The maximum atomic E-state index is 13.8. The number of pyridine rings is 1. The number of aromatic nitrogens is 1. The van der Waals surface area contributed by atoms with Crippen LogP contribution in [0.15, 0.2) is 36.4 Å². The van der Waals surface area contributed by atoms with E-state index in [1.165, 1.54) is 18.2 Å². The van der Waals surface area contributed by atoms with Gasteiger partial charge in [0.05, 0.1) is 10.6 Å². The first-order chi connectivity index (χ1) is 12.0. The summed E-state index contributed by atoms with van der Waals surface area (Å²) in [5, 5.41) is 2.61. The molecule has 1 aromatic heterocycles. The summed E-state index contributed by atoms with van der Waals surface area (Å²) < 4.78 is 19.7. The van der Waals surface area contributed by atoms with E-state index in [-0.39, 0.29) is 36.3 Å². The minimum absolute atomic E-state index is 0. The number of benzene rings is 1. The zero-order chi connectivity index (χ0) is 17.8. The first-order valence-electron chi connectivity index (χ1n) is 8.10. The van der Waals surface area contributed by atoms with E-state index >= 15 is 0 Å². The van der Waals surface area contributed by atoms with Crippen LogP contribution in [-0.4, -0.2) is 42.0 Å². The Morgan fingerprint density at radius 1 is 1.31 bits per heavy atom. The highest BCUT2D eigenvalue weighted by Crippen LogP contribution is 2.22. The molecule has 1 N–H and O–H groups in total. The summed E-state index contributed by atoms with van der Waals surface area (Å²) in [6.07, 6.45) is 1.97. The minimum Gasteiger partial charge on any atom is -1.00 e. The molecule has 1 fully saturated rings. The maximum Gasteiger partial charge on any atom is 1.00 e. The molecule has 0 atom stereocenters. The van der Waals surface area contributed by atoms with Gasteiger partial charge in [-0.2, -0.15) is 4.98 Å². The number of nitrogens with one attached hydrogen (secondary N) is 1. The van der Waals surface area contributed by atoms with Crippen LogP contribution in [0, 0.1) is 5.82 Å². The third-order valence-electron chi connectivity index (χ3n) is 4.11. The summed E-state index contributed by atoms with van der Waals surface area (Å²) >= 11 is 5.91. The number of ether oxygens (including phenoxy) is 1. The number of rotatable bonds is 4. The Hall–Kier alpha value is -1.89. The highest BCUT2D eigenvalue weighted by molar-refractivity contribution is 6.34. The molecule has 2 heterocycles. The van der Waals surface area contributed by atoms with Gasteiger partial charge in [-0.3, -0.25) is 4.79 Å². The molecule has 140 valence electrons.